The monoisotopic (exact) mass is 269 g/mol. The zero-order valence-corrected chi connectivity index (χ0v) is 11.6. The molecule has 0 aliphatic heterocycles. The fraction of sp³-hybridized carbons (Fsp3) is 0. The Balaban J connectivity index is 2.22. The summed E-state index contributed by atoms with van der Waals surface area (Å²) in [6.07, 6.45) is 0. The van der Waals surface area contributed by atoms with Crippen molar-refractivity contribution in [2.24, 2.45) is 0 Å². The zero-order valence-electron chi connectivity index (χ0n) is 11.6. The Hall–Kier alpha value is -2.80. The molecule has 3 rings (SSSR count). The van der Waals surface area contributed by atoms with E-state index >= 15 is 0 Å². The van der Waals surface area contributed by atoms with Gasteiger partial charge in [0.25, 0.3) is 0 Å². The van der Waals surface area contributed by atoms with Gasteiger partial charge in [-0.2, -0.15) is 0 Å². The van der Waals surface area contributed by atoms with Crippen molar-refractivity contribution in [1.29, 1.82) is 0 Å². The smallest absolute Gasteiger partial charge is 0.101 e. The van der Waals surface area contributed by atoms with Gasteiger partial charge in [0.05, 0.1) is 0 Å². The second kappa shape index (κ2) is 6.10. The minimum atomic E-state index is 0.299. The second-order valence-electron chi connectivity index (χ2n) is 4.82. The van der Waals surface area contributed by atoms with E-state index in [1.54, 1.807) is 0 Å². The van der Waals surface area contributed by atoms with Crippen LogP contribution in [-0.2, 0) is 0 Å². The highest BCUT2D eigenvalue weighted by molar-refractivity contribution is 5.97. The Bertz CT molecular complexity index is 687. The largest absolute Gasteiger partial charge is 0.149 e. The lowest BCUT2D eigenvalue weighted by molar-refractivity contribution is 1.44. The van der Waals surface area contributed by atoms with Gasteiger partial charge in [0.1, 0.15) is 5.70 Å². The van der Waals surface area contributed by atoms with Gasteiger partial charge in [0.2, 0.25) is 0 Å². The Morgan fingerprint density at radius 2 is 0.810 bits per heavy atom. The average Bonchev–Trinajstić information content (AvgIpc) is 2.58. The number of benzene rings is 3. The summed E-state index contributed by atoms with van der Waals surface area (Å²) < 4.78 is 0. The molecule has 0 aliphatic rings. The van der Waals surface area contributed by atoms with Crippen LogP contribution in [0.2, 0.25) is 0 Å². The third-order valence-electron chi connectivity index (χ3n) is 3.41. The lowest BCUT2D eigenvalue weighted by Crippen LogP contribution is -1.95. The lowest BCUT2D eigenvalue weighted by atomic mass is 9.93. The standard InChI is InChI=1S/C20H15N/c21-20(18-14-8-3-9-15-18)19(16-10-4-1-5-11-16)17-12-6-2-7-13-17/h1-15H. The topological polar surface area (TPSA) is 22.3 Å². The maximum absolute atomic E-state index is 10.8. The molecule has 0 aromatic heterocycles. The first kappa shape index (κ1) is 13.2. The minimum absolute atomic E-state index is 0.299. The molecule has 1 nitrogen and oxygen atoms in total. The molecule has 0 N–H and O–H groups in total. The molecule has 0 aliphatic carbocycles. The van der Waals surface area contributed by atoms with E-state index < -0.39 is 0 Å². The summed E-state index contributed by atoms with van der Waals surface area (Å²) in [5.74, 6) is 0. The molecule has 2 radical (unpaired) electrons. The van der Waals surface area contributed by atoms with Crippen molar-refractivity contribution in [2.45, 2.75) is 0 Å². The highest BCUT2D eigenvalue weighted by Crippen LogP contribution is 2.29. The van der Waals surface area contributed by atoms with Crippen LogP contribution in [0.15, 0.2) is 91.0 Å². The maximum Gasteiger partial charge on any atom is 0.101 e. The number of nitrogens with zero attached hydrogens (tertiary/aromatic N) is 1. The van der Waals surface area contributed by atoms with Crippen LogP contribution in [0, 0.1) is 0 Å². The van der Waals surface area contributed by atoms with E-state index in [0.717, 1.165) is 22.3 Å². The van der Waals surface area contributed by atoms with E-state index in [9.17, 15) is 5.73 Å². The Kier molecular flexibility index (Phi) is 3.83. The molecule has 1 heteroatoms. The minimum Gasteiger partial charge on any atom is -0.149 e. The molecule has 3 aromatic rings. The van der Waals surface area contributed by atoms with Crippen LogP contribution in [-0.4, -0.2) is 0 Å². The predicted molar refractivity (Wildman–Crippen MR) is 87.4 cm³/mol. The van der Waals surface area contributed by atoms with Gasteiger partial charge in [-0.25, -0.2) is 0 Å². The molecule has 0 heterocycles. The normalized spacial score (nSPS) is 10.1. The summed E-state index contributed by atoms with van der Waals surface area (Å²) in [7, 11) is 0. The van der Waals surface area contributed by atoms with Crippen molar-refractivity contribution in [3.63, 3.8) is 0 Å². The Morgan fingerprint density at radius 3 is 1.19 bits per heavy atom. The van der Waals surface area contributed by atoms with Crippen LogP contribution >= 0.6 is 0 Å². The van der Waals surface area contributed by atoms with Gasteiger partial charge in [-0.15, -0.1) is 5.73 Å². The van der Waals surface area contributed by atoms with Crippen molar-refractivity contribution in [3.8, 4) is 0 Å². The first-order chi connectivity index (χ1) is 10.4. The summed E-state index contributed by atoms with van der Waals surface area (Å²) in [6, 6.07) is 29.6. The molecule has 21 heavy (non-hydrogen) atoms. The van der Waals surface area contributed by atoms with E-state index in [1.165, 1.54) is 0 Å². The molecular formula is C20H15N. The third-order valence-corrected chi connectivity index (χ3v) is 3.41. The van der Waals surface area contributed by atoms with Gasteiger partial charge >= 0.3 is 0 Å². The van der Waals surface area contributed by atoms with E-state index in [1.807, 2.05) is 91.0 Å². The maximum atomic E-state index is 10.8. The summed E-state index contributed by atoms with van der Waals surface area (Å²) in [4.78, 5) is 0. The molecule has 3 aromatic carbocycles. The van der Waals surface area contributed by atoms with Crippen LogP contribution in [0.5, 0.6) is 0 Å². The van der Waals surface area contributed by atoms with Gasteiger partial charge in [0, 0.05) is 11.1 Å². The molecule has 0 bridgehead atoms. The summed E-state index contributed by atoms with van der Waals surface area (Å²) in [6.45, 7) is 0. The van der Waals surface area contributed by atoms with Crippen LogP contribution in [0.3, 0.4) is 0 Å². The van der Waals surface area contributed by atoms with E-state index in [0.29, 0.717) is 5.70 Å². The van der Waals surface area contributed by atoms with Gasteiger partial charge in [-0.05, 0) is 11.1 Å². The molecule has 0 unspecified atom stereocenters. The van der Waals surface area contributed by atoms with E-state index in [-0.39, 0.29) is 0 Å². The summed E-state index contributed by atoms with van der Waals surface area (Å²) in [5, 5.41) is 0. The molecule has 0 spiro atoms. The molecule has 0 amide bonds. The molecule has 0 saturated carbocycles. The predicted octanol–water partition coefficient (Wildman–Crippen LogP) is 4.67. The van der Waals surface area contributed by atoms with Crippen molar-refractivity contribution in [2.75, 3.05) is 0 Å². The van der Waals surface area contributed by atoms with Gasteiger partial charge in [-0.1, -0.05) is 91.0 Å². The Morgan fingerprint density at radius 1 is 0.476 bits per heavy atom. The first-order valence-electron chi connectivity index (χ1n) is 6.96. The zero-order chi connectivity index (χ0) is 14.5. The molecule has 0 atom stereocenters. The van der Waals surface area contributed by atoms with Crippen molar-refractivity contribution in [1.82, 2.24) is 5.73 Å². The van der Waals surface area contributed by atoms with Crippen molar-refractivity contribution in [3.05, 3.63) is 108 Å². The number of hydrogen-bond acceptors (Lipinski definition) is 0. The fourth-order valence-electron chi connectivity index (χ4n) is 2.39. The second-order valence-corrected chi connectivity index (χ2v) is 4.82. The van der Waals surface area contributed by atoms with Crippen LogP contribution < -0.4 is 5.73 Å². The van der Waals surface area contributed by atoms with Crippen molar-refractivity contribution < 1.29 is 0 Å². The summed E-state index contributed by atoms with van der Waals surface area (Å²) in [5.41, 5.74) is 14.7. The Labute approximate surface area is 125 Å². The van der Waals surface area contributed by atoms with Gasteiger partial charge < -0.3 is 0 Å². The van der Waals surface area contributed by atoms with Crippen LogP contribution in [0.4, 0.5) is 0 Å². The lowest BCUT2D eigenvalue weighted by Gasteiger charge is -2.11. The molecule has 0 saturated heterocycles. The van der Waals surface area contributed by atoms with Gasteiger partial charge in [0.15, 0.2) is 0 Å². The van der Waals surface area contributed by atoms with E-state index in [2.05, 4.69) is 0 Å². The van der Waals surface area contributed by atoms with Crippen molar-refractivity contribution >= 4 is 11.3 Å². The van der Waals surface area contributed by atoms with Crippen LogP contribution in [0.1, 0.15) is 16.7 Å². The molecular weight excluding hydrogens is 254 g/mol. The SMILES string of the molecule is [N]C(=C(c1ccccc1)c1ccccc1)c1ccccc1. The highest BCUT2D eigenvalue weighted by Gasteiger charge is 2.12. The average molecular weight is 269 g/mol. The van der Waals surface area contributed by atoms with Crippen LogP contribution in [0.25, 0.3) is 11.3 Å². The quantitative estimate of drug-likeness (QED) is 0.616. The van der Waals surface area contributed by atoms with E-state index in [4.69, 9.17) is 0 Å². The highest BCUT2D eigenvalue weighted by atomic mass is 14.6. The number of hydrogen-bond donors (Lipinski definition) is 0. The summed E-state index contributed by atoms with van der Waals surface area (Å²) >= 11 is 0. The fourth-order valence-corrected chi connectivity index (χ4v) is 2.39. The third kappa shape index (κ3) is 2.87. The van der Waals surface area contributed by atoms with Gasteiger partial charge in [-0.3, -0.25) is 0 Å². The first-order valence-corrected chi connectivity index (χ1v) is 6.96. The molecule has 0 fully saturated rings. The number of rotatable bonds is 3. The molecule has 100 valence electrons.